The summed E-state index contributed by atoms with van der Waals surface area (Å²) in [5.41, 5.74) is 6.23. The van der Waals surface area contributed by atoms with Gasteiger partial charge in [-0.05, 0) is 26.0 Å². The zero-order valence-corrected chi connectivity index (χ0v) is 11.7. The van der Waals surface area contributed by atoms with Crippen LogP contribution >= 0.6 is 12.2 Å². The average molecular weight is 266 g/mol. The Hall–Kier alpha value is -1.62. The Morgan fingerprint density at radius 1 is 1.44 bits per heavy atom. The topological polar surface area (TPSA) is 55.6 Å². The van der Waals surface area contributed by atoms with E-state index >= 15 is 0 Å². The Kier molecular flexibility index (Phi) is 5.09. The highest BCUT2D eigenvalue weighted by Crippen LogP contribution is 2.17. The van der Waals surface area contributed by atoms with Gasteiger partial charge in [-0.2, -0.15) is 0 Å². The van der Waals surface area contributed by atoms with Gasteiger partial charge in [0.25, 0.3) is 5.91 Å². The minimum absolute atomic E-state index is 0.0195. The fourth-order valence-corrected chi connectivity index (χ4v) is 1.49. The predicted molar refractivity (Wildman–Crippen MR) is 75.7 cm³/mol. The quantitative estimate of drug-likeness (QED) is 0.822. The zero-order chi connectivity index (χ0) is 13.7. The number of thiocarbonyl (C=S) groups is 1. The van der Waals surface area contributed by atoms with Crippen LogP contribution in [0, 0.1) is 0 Å². The van der Waals surface area contributed by atoms with Crippen molar-refractivity contribution in [2.24, 2.45) is 5.73 Å². The number of carbonyl (C=O) groups is 1. The Morgan fingerprint density at radius 2 is 2.06 bits per heavy atom. The van der Waals surface area contributed by atoms with Gasteiger partial charge in [0.1, 0.15) is 10.7 Å². The number of carbonyl (C=O) groups excluding carboxylic acids is 1. The molecule has 0 radical (unpaired) electrons. The third-order valence-electron chi connectivity index (χ3n) is 2.67. The largest absolute Gasteiger partial charge is 0.483 e. The second kappa shape index (κ2) is 6.35. The Labute approximate surface area is 113 Å². The summed E-state index contributed by atoms with van der Waals surface area (Å²) in [4.78, 5) is 13.7. The highest BCUT2D eigenvalue weighted by Gasteiger charge is 2.13. The Balaban J connectivity index is 2.70. The lowest BCUT2D eigenvalue weighted by molar-refractivity contribution is -0.133. The fourth-order valence-electron chi connectivity index (χ4n) is 1.33. The second-order valence-corrected chi connectivity index (χ2v) is 4.69. The van der Waals surface area contributed by atoms with Gasteiger partial charge < -0.3 is 15.4 Å². The fraction of sp³-hybridized carbons (Fsp3) is 0.385. The number of nitrogens with zero attached hydrogens (tertiary/aromatic N) is 1. The van der Waals surface area contributed by atoms with E-state index < -0.39 is 0 Å². The molecule has 2 N–H and O–H groups in total. The number of benzene rings is 1. The summed E-state index contributed by atoms with van der Waals surface area (Å²) in [7, 11) is 1.75. The molecular weight excluding hydrogens is 248 g/mol. The van der Waals surface area contributed by atoms with Crippen LogP contribution in [0.2, 0.25) is 0 Å². The number of rotatable bonds is 5. The van der Waals surface area contributed by atoms with Crippen LogP contribution in [0.25, 0.3) is 0 Å². The SMILES string of the molecule is CC(C)N(C)C(=O)COc1ccccc1C(N)=S. The van der Waals surface area contributed by atoms with Crippen molar-refractivity contribution in [3.63, 3.8) is 0 Å². The zero-order valence-electron chi connectivity index (χ0n) is 10.8. The van der Waals surface area contributed by atoms with Crippen molar-refractivity contribution in [1.82, 2.24) is 4.90 Å². The van der Waals surface area contributed by atoms with E-state index in [9.17, 15) is 4.79 Å². The maximum absolute atomic E-state index is 11.8. The minimum Gasteiger partial charge on any atom is -0.483 e. The molecule has 0 saturated heterocycles. The summed E-state index contributed by atoms with van der Waals surface area (Å²) in [6.45, 7) is 3.87. The van der Waals surface area contributed by atoms with Crippen molar-refractivity contribution in [2.45, 2.75) is 19.9 Å². The van der Waals surface area contributed by atoms with E-state index in [0.717, 1.165) is 0 Å². The molecule has 0 aliphatic carbocycles. The van der Waals surface area contributed by atoms with Gasteiger partial charge in [0.2, 0.25) is 0 Å². The highest BCUT2D eigenvalue weighted by molar-refractivity contribution is 7.80. The van der Waals surface area contributed by atoms with Crippen molar-refractivity contribution in [3.05, 3.63) is 29.8 Å². The van der Waals surface area contributed by atoms with Gasteiger partial charge in [0, 0.05) is 13.1 Å². The molecule has 1 rings (SSSR count). The molecule has 1 amide bonds. The number of amides is 1. The first-order valence-corrected chi connectivity index (χ1v) is 6.11. The van der Waals surface area contributed by atoms with Gasteiger partial charge in [-0.1, -0.05) is 24.4 Å². The van der Waals surface area contributed by atoms with Crippen molar-refractivity contribution in [2.75, 3.05) is 13.7 Å². The molecule has 0 fully saturated rings. The van der Waals surface area contributed by atoms with Crippen LogP contribution in [-0.2, 0) is 4.79 Å². The van der Waals surface area contributed by atoms with Gasteiger partial charge in [-0.25, -0.2) is 0 Å². The molecule has 1 aromatic rings. The van der Waals surface area contributed by atoms with Crippen molar-refractivity contribution in [1.29, 1.82) is 0 Å². The molecule has 0 aliphatic heterocycles. The number of likely N-dealkylation sites (N-methyl/N-ethyl adjacent to an activating group) is 1. The van der Waals surface area contributed by atoms with Crippen LogP contribution in [0.4, 0.5) is 0 Å². The average Bonchev–Trinajstić information content (AvgIpc) is 2.35. The lowest BCUT2D eigenvalue weighted by Gasteiger charge is -2.21. The summed E-state index contributed by atoms with van der Waals surface area (Å²) in [6, 6.07) is 7.30. The first kappa shape index (κ1) is 14.4. The van der Waals surface area contributed by atoms with Crippen LogP contribution in [0.3, 0.4) is 0 Å². The molecular formula is C13H18N2O2S. The molecule has 98 valence electrons. The van der Waals surface area contributed by atoms with Gasteiger partial charge in [0.15, 0.2) is 6.61 Å². The molecule has 0 spiro atoms. The number of ether oxygens (including phenoxy) is 1. The van der Waals surface area contributed by atoms with Crippen LogP contribution in [-0.4, -0.2) is 35.5 Å². The first-order chi connectivity index (χ1) is 8.43. The lowest BCUT2D eigenvalue weighted by Crippen LogP contribution is -2.36. The third kappa shape index (κ3) is 3.70. The Bertz CT molecular complexity index is 446. The number of hydrogen-bond donors (Lipinski definition) is 1. The standard InChI is InChI=1S/C13H18N2O2S/c1-9(2)15(3)12(16)8-17-11-7-5-4-6-10(11)13(14)18/h4-7,9H,8H2,1-3H3,(H2,14,18). The molecule has 4 nitrogen and oxygen atoms in total. The molecule has 0 unspecified atom stereocenters. The van der Waals surface area contributed by atoms with E-state index in [0.29, 0.717) is 11.3 Å². The summed E-state index contributed by atoms with van der Waals surface area (Å²) in [6.07, 6.45) is 0. The molecule has 18 heavy (non-hydrogen) atoms. The van der Waals surface area contributed by atoms with Crippen LogP contribution in [0.15, 0.2) is 24.3 Å². The highest BCUT2D eigenvalue weighted by atomic mass is 32.1. The molecule has 0 aromatic heterocycles. The summed E-state index contributed by atoms with van der Waals surface area (Å²) in [5, 5.41) is 0. The smallest absolute Gasteiger partial charge is 0.260 e. The first-order valence-electron chi connectivity index (χ1n) is 5.70. The Morgan fingerprint density at radius 3 is 2.61 bits per heavy atom. The minimum atomic E-state index is -0.0808. The van der Waals surface area contributed by atoms with Crippen molar-refractivity contribution >= 4 is 23.1 Å². The van der Waals surface area contributed by atoms with Gasteiger partial charge in [0.05, 0.1) is 5.56 Å². The van der Waals surface area contributed by atoms with Gasteiger partial charge >= 0.3 is 0 Å². The van der Waals surface area contributed by atoms with E-state index in [1.165, 1.54) is 0 Å². The molecule has 0 atom stereocenters. The van der Waals surface area contributed by atoms with Crippen LogP contribution < -0.4 is 10.5 Å². The normalized spacial score (nSPS) is 10.2. The summed E-state index contributed by atoms with van der Waals surface area (Å²) < 4.78 is 5.47. The predicted octanol–water partition coefficient (Wildman–Crippen LogP) is 1.57. The van der Waals surface area contributed by atoms with Crippen molar-refractivity contribution in [3.8, 4) is 5.75 Å². The van der Waals surface area contributed by atoms with E-state index in [-0.39, 0.29) is 23.5 Å². The lowest BCUT2D eigenvalue weighted by atomic mass is 10.2. The molecule has 0 saturated carbocycles. The maximum Gasteiger partial charge on any atom is 0.260 e. The molecule has 0 heterocycles. The molecule has 0 aliphatic rings. The van der Waals surface area contributed by atoms with Gasteiger partial charge in [-0.3, -0.25) is 4.79 Å². The third-order valence-corrected chi connectivity index (χ3v) is 2.89. The van der Waals surface area contributed by atoms with E-state index in [1.54, 1.807) is 24.1 Å². The molecule has 1 aromatic carbocycles. The summed E-state index contributed by atoms with van der Waals surface area (Å²) >= 11 is 4.92. The molecule has 5 heteroatoms. The van der Waals surface area contributed by atoms with Crippen molar-refractivity contribution < 1.29 is 9.53 Å². The number of hydrogen-bond acceptors (Lipinski definition) is 3. The van der Waals surface area contributed by atoms with Crippen LogP contribution in [0.5, 0.6) is 5.75 Å². The number of nitrogens with two attached hydrogens (primary N) is 1. The van der Waals surface area contributed by atoms with E-state index in [1.807, 2.05) is 26.0 Å². The second-order valence-electron chi connectivity index (χ2n) is 4.25. The monoisotopic (exact) mass is 266 g/mol. The summed E-state index contributed by atoms with van der Waals surface area (Å²) in [5.74, 6) is 0.457. The van der Waals surface area contributed by atoms with E-state index in [2.05, 4.69) is 0 Å². The van der Waals surface area contributed by atoms with E-state index in [4.69, 9.17) is 22.7 Å². The van der Waals surface area contributed by atoms with Crippen LogP contribution in [0.1, 0.15) is 19.4 Å². The number of para-hydroxylation sites is 1. The van der Waals surface area contributed by atoms with Gasteiger partial charge in [-0.15, -0.1) is 0 Å². The molecule has 0 bridgehead atoms. The maximum atomic E-state index is 11.8.